The van der Waals surface area contributed by atoms with Gasteiger partial charge in [-0.3, -0.25) is 4.99 Å². The lowest BCUT2D eigenvalue weighted by Gasteiger charge is -2.11. The van der Waals surface area contributed by atoms with Gasteiger partial charge in [0, 0.05) is 31.1 Å². The third kappa shape index (κ3) is 4.46. The fraction of sp³-hybridized carbons (Fsp3) is 0.381. The predicted molar refractivity (Wildman–Crippen MR) is 118 cm³/mol. The molecule has 0 spiro atoms. The molecule has 0 bridgehead atoms. The highest BCUT2D eigenvalue weighted by Crippen LogP contribution is 2.22. The number of hydrogen-bond acceptors (Lipinski definition) is 8. The van der Waals surface area contributed by atoms with E-state index in [2.05, 4.69) is 30.6 Å². The van der Waals surface area contributed by atoms with Crippen LogP contribution in [0.15, 0.2) is 41.7 Å². The average Bonchev–Trinajstić information content (AvgIpc) is 3.44. The first-order valence-corrected chi connectivity index (χ1v) is 10.1. The Balaban J connectivity index is 1.55. The molecule has 0 atom stereocenters. The largest absolute Gasteiger partial charge is 0.404 e. The van der Waals surface area contributed by atoms with Gasteiger partial charge >= 0.3 is 0 Å². The summed E-state index contributed by atoms with van der Waals surface area (Å²) >= 11 is 0. The number of nitrogens with two attached hydrogens (primary N) is 1. The molecule has 9 nitrogen and oxygen atoms in total. The molecule has 1 aromatic carbocycles. The van der Waals surface area contributed by atoms with Crippen LogP contribution in [0.5, 0.6) is 0 Å². The maximum absolute atomic E-state index is 5.77. The summed E-state index contributed by atoms with van der Waals surface area (Å²) < 4.78 is 6.73. The van der Waals surface area contributed by atoms with Crippen LogP contribution in [0.3, 0.4) is 0 Å². The van der Waals surface area contributed by atoms with E-state index < -0.39 is 0 Å². The Bertz CT molecular complexity index is 1030. The minimum atomic E-state index is 0.443. The summed E-state index contributed by atoms with van der Waals surface area (Å²) in [5.74, 6) is 0.621. The number of ether oxygens (including phenoxy) is 1. The smallest absolute Gasteiger partial charge is 0.225 e. The second-order valence-corrected chi connectivity index (χ2v) is 7.23. The first kappa shape index (κ1) is 20.0. The van der Waals surface area contributed by atoms with Crippen molar-refractivity contribution in [1.82, 2.24) is 25.0 Å². The molecule has 3 aromatic rings. The summed E-state index contributed by atoms with van der Waals surface area (Å²) in [4.78, 5) is 13.4. The molecule has 0 saturated heterocycles. The Morgan fingerprint density at radius 1 is 1.30 bits per heavy atom. The van der Waals surface area contributed by atoms with Crippen molar-refractivity contribution in [3.63, 3.8) is 0 Å². The van der Waals surface area contributed by atoms with E-state index in [4.69, 9.17) is 10.5 Å². The Morgan fingerprint density at radius 3 is 2.83 bits per heavy atom. The van der Waals surface area contributed by atoms with Gasteiger partial charge in [0.2, 0.25) is 5.95 Å². The number of allylic oxidation sites excluding steroid dienone is 1. The van der Waals surface area contributed by atoms with Gasteiger partial charge in [-0.2, -0.15) is 9.67 Å². The van der Waals surface area contributed by atoms with Gasteiger partial charge in [0.1, 0.15) is 0 Å². The number of hydrogen-bond donors (Lipinski definition) is 2. The Morgan fingerprint density at radius 2 is 2.10 bits per heavy atom. The zero-order valence-corrected chi connectivity index (χ0v) is 17.0. The molecular formula is C21H26N8O. The van der Waals surface area contributed by atoms with Crippen molar-refractivity contribution in [1.29, 1.82) is 0 Å². The molecular weight excluding hydrogens is 380 g/mol. The van der Waals surface area contributed by atoms with E-state index in [1.54, 1.807) is 30.4 Å². The zero-order valence-electron chi connectivity index (χ0n) is 17.0. The normalized spacial score (nSPS) is 15.4. The second-order valence-electron chi connectivity index (χ2n) is 7.23. The molecule has 9 heteroatoms. The number of fused-ring (bicyclic) bond motifs is 1. The first-order chi connectivity index (χ1) is 14.8. The van der Waals surface area contributed by atoms with Crippen LogP contribution < -0.4 is 11.1 Å². The molecule has 3 N–H and O–H groups in total. The number of anilines is 1. The minimum Gasteiger partial charge on any atom is -0.404 e. The summed E-state index contributed by atoms with van der Waals surface area (Å²) in [5, 5.41) is 11.9. The van der Waals surface area contributed by atoms with Gasteiger partial charge < -0.3 is 15.8 Å². The highest BCUT2D eigenvalue weighted by molar-refractivity contribution is 6.09. The predicted octanol–water partition coefficient (Wildman–Crippen LogP) is 2.58. The van der Waals surface area contributed by atoms with Crippen LogP contribution in [0.25, 0.3) is 22.4 Å². The van der Waals surface area contributed by atoms with Gasteiger partial charge in [0.15, 0.2) is 11.2 Å². The number of aliphatic imine (C=N–C) groups is 1. The van der Waals surface area contributed by atoms with Gasteiger partial charge in [0.25, 0.3) is 0 Å². The maximum Gasteiger partial charge on any atom is 0.225 e. The average molecular weight is 406 g/mol. The van der Waals surface area contributed by atoms with Crippen LogP contribution in [0, 0.1) is 0 Å². The van der Waals surface area contributed by atoms with E-state index in [0.29, 0.717) is 36.3 Å². The van der Waals surface area contributed by atoms with Gasteiger partial charge in [0.05, 0.1) is 25.0 Å². The number of nitrogens with one attached hydrogen (secondary N) is 1. The molecule has 1 saturated carbocycles. The molecule has 2 heterocycles. The van der Waals surface area contributed by atoms with Crippen molar-refractivity contribution in [3.8, 4) is 5.69 Å². The molecule has 1 aliphatic carbocycles. The van der Waals surface area contributed by atoms with Crippen LogP contribution in [0.2, 0.25) is 0 Å². The molecule has 1 aliphatic rings. The quantitative estimate of drug-likeness (QED) is 0.436. The molecule has 0 amide bonds. The summed E-state index contributed by atoms with van der Waals surface area (Å²) in [7, 11) is 1.65. The molecule has 4 rings (SSSR count). The second kappa shape index (κ2) is 9.45. The van der Waals surface area contributed by atoms with Crippen molar-refractivity contribution in [2.24, 2.45) is 10.7 Å². The number of rotatable bonds is 8. The van der Waals surface area contributed by atoms with E-state index in [9.17, 15) is 0 Å². The van der Waals surface area contributed by atoms with Crippen LogP contribution in [-0.2, 0) is 4.74 Å². The van der Waals surface area contributed by atoms with Gasteiger partial charge in [-0.25, -0.2) is 4.98 Å². The third-order valence-corrected chi connectivity index (χ3v) is 5.16. The number of benzene rings is 1. The number of methoxy groups -OCH3 is 1. The lowest BCUT2D eigenvalue weighted by atomic mass is 10.1. The number of aromatic nitrogens is 5. The summed E-state index contributed by atoms with van der Waals surface area (Å²) in [6.07, 6.45) is 9.84. The van der Waals surface area contributed by atoms with Crippen molar-refractivity contribution in [3.05, 3.63) is 42.2 Å². The molecule has 30 heavy (non-hydrogen) atoms. The standard InChI is InChI=1S/C21H26N8O/c1-30-11-10-23-13-16(12-22)15-6-8-18(9-7-15)29-20-19(27-28-29)14-24-21(26-20)25-17-4-2-3-5-17/h6-9,12-14,17H,2-5,10-11,22H2,1H3,(H,24,25,26). The van der Waals surface area contributed by atoms with E-state index in [1.165, 1.54) is 12.8 Å². The molecule has 0 radical (unpaired) electrons. The van der Waals surface area contributed by atoms with Crippen LogP contribution in [-0.4, -0.2) is 57.5 Å². The maximum atomic E-state index is 5.77. The van der Waals surface area contributed by atoms with Crippen LogP contribution >= 0.6 is 0 Å². The lowest BCUT2D eigenvalue weighted by molar-refractivity contribution is 0.208. The Labute approximate surface area is 175 Å². The lowest BCUT2D eigenvalue weighted by Crippen LogP contribution is -2.16. The van der Waals surface area contributed by atoms with Crippen molar-refractivity contribution in [2.45, 2.75) is 31.7 Å². The SMILES string of the molecule is COCCN=CC(=CN)c1ccc(-n2nnc3cnc(NC4CCCC4)nc32)cc1. The summed E-state index contributed by atoms with van der Waals surface area (Å²) in [6.45, 7) is 1.17. The number of nitrogens with zero attached hydrogens (tertiary/aromatic N) is 6. The van der Waals surface area contributed by atoms with Crippen molar-refractivity contribution < 1.29 is 4.74 Å². The molecule has 1 fully saturated rings. The van der Waals surface area contributed by atoms with Crippen LogP contribution in [0.4, 0.5) is 5.95 Å². The highest BCUT2D eigenvalue weighted by atomic mass is 16.5. The highest BCUT2D eigenvalue weighted by Gasteiger charge is 2.17. The van der Waals surface area contributed by atoms with E-state index in [-0.39, 0.29) is 0 Å². The van der Waals surface area contributed by atoms with Gasteiger partial charge in [-0.05, 0) is 30.5 Å². The van der Waals surface area contributed by atoms with Gasteiger partial charge in [-0.15, -0.1) is 5.10 Å². The summed E-state index contributed by atoms with van der Waals surface area (Å²) in [5.41, 5.74) is 9.77. The molecule has 2 aromatic heterocycles. The molecule has 0 unspecified atom stereocenters. The molecule has 156 valence electrons. The summed E-state index contributed by atoms with van der Waals surface area (Å²) in [6, 6.07) is 8.31. The van der Waals surface area contributed by atoms with Gasteiger partial charge in [-0.1, -0.05) is 30.2 Å². The van der Waals surface area contributed by atoms with E-state index >= 15 is 0 Å². The molecule has 0 aliphatic heterocycles. The topological polar surface area (TPSA) is 116 Å². The van der Waals surface area contributed by atoms with E-state index in [0.717, 1.165) is 29.7 Å². The van der Waals surface area contributed by atoms with Crippen LogP contribution in [0.1, 0.15) is 31.2 Å². The minimum absolute atomic E-state index is 0.443. The fourth-order valence-corrected chi connectivity index (χ4v) is 3.54. The first-order valence-electron chi connectivity index (χ1n) is 10.1. The Hall–Kier alpha value is -3.33. The Kier molecular flexibility index (Phi) is 6.29. The van der Waals surface area contributed by atoms with E-state index in [1.807, 2.05) is 24.3 Å². The van der Waals surface area contributed by atoms with Crippen molar-refractivity contribution >= 4 is 28.9 Å². The zero-order chi connectivity index (χ0) is 20.8. The fourth-order valence-electron chi connectivity index (χ4n) is 3.54. The van der Waals surface area contributed by atoms with Crippen molar-refractivity contribution in [2.75, 3.05) is 25.6 Å². The third-order valence-electron chi connectivity index (χ3n) is 5.16. The monoisotopic (exact) mass is 406 g/mol.